The fraction of sp³-hybridized carbons (Fsp3) is 0.160. The predicted molar refractivity (Wildman–Crippen MR) is 116 cm³/mol. The van der Waals surface area contributed by atoms with Crippen LogP contribution in [0.3, 0.4) is 0 Å². The molecular weight excluding hydrogens is 411 g/mol. The van der Waals surface area contributed by atoms with E-state index in [0.29, 0.717) is 23.5 Å². The second-order valence-electron chi connectivity index (χ2n) is 7.30. The van der Waals surface area contributed by atoms with Gasteiger partial charge in [-0.1, -0.05) is 18.2 Å². The SMILES string of the molecule is CCOc1ccc(C(O)=C2C(=O)C(=O)N(Cc3cccnc3)[C@H]2c2ccc(F)cc2)cc1. The highest BCUT2D eigenvalue weighted by molar-refractivity contribution is 6.46. The van der Waals surface area contributed by atoms with Crippen molar-refractivity contribution in [1.82, 2.24) is 9.88 Å². The number of likely N-dealkylation sites (tertiary alicyclic amines) is 1. The van der Waals surface area contributed by atoms with Gasteiger partial charge in [0.1, 0.15) is 17.3 Å². The Bertz CT molecular complexity index is 1160. The minimum absolute atomic E-state index is 0.0466. The van der Waals surface area contributed by atoms with Crippen LogP contribution in [-0.2, 0) is 16.1 Å². The maximum absolute atomic E-state index is 13.6. The summed E-state index contributed by atoms with van der Waals surface area (Å²) in [5.41, 5.74) is 1.57. The number of benzene rings is 2. The average molecular weight is 432 g/mol. The molecule has 1 aromatic heterocycles. The van der Waals surface area contributed by atoms with Gasteiger partial charge in [0, 0.05) is 24.5 Å². The van der Waals surface area contributed by atoms with Crippen LogP contribution in [0.5, 0.6) is 5.75 Å². The van der Waals surface area contributed by atoms with E-state index >= 15 is 0 Å². The molecule has 0 aliphatic carbocycles. The standard InChI is InChI=1S/C25H21FN2O4/c1-2-32-20-11-7-18(8-12-20)23(29)21-22(17-5-9-19(26)10-6-17)28(25(31)24(21)30)15-16-4-3-13-27-14-16/h3-14,22,29H,2,15H2,1H3/t22-/m0/s1. The Morgan fingerprint density at radius 1 is 1.09 bits per heavy atom. The van der Waals surface area contributed by atoms with E-state index < -0.39 is 23.5 Å². The van der Waals surface area contributed by atoms with E-state index in [1.54, 1.807) is 48.8 Å². The number of halogens is 1. The zero-order valence-electron chi connectivity index (χ0n) is 17.4. The number of aromatic nitrogens is 1. The molecule has 1 fully saturated rings. The van der Waals surface area contributed by atoms with Crippen molar-refractivity contribution in [2.45, 2.75) is 19.5 Å². The van der Waals surface area contributed by atoms with Crippen molar-refractivity contribution in [3.63, 3.8) is 0 Å². The largest absolute Gasteiger partial charge is 0.507 e. The topological polar surface area (TPSA) is 79.7 Å². The van der Waals surface area contributed by atoms with Crippen molar-refractivity contribution < 1.29 is 23.8 Å². The number of ether oxygens (including phenoxy) is 1. The first-order valence-corrected chi connectivity index (χ1v) is 10.2. The van der Waals surface area contributed by atoms with Gasteiger partial charge in [-0.15, -0.1) is 0 Å². The van der Waals surface area contributed by atoms with Gasteiger partial charge in [-0.05, 0) is 60.5 Å². The lowest BCUT2D eigenvalue weighted by molar-refractivity contribution is -0.140. The number of aliphatic hydroxyl groups excluding tert-OH is 1. The summed E-state index contributed by atoms with van der Waals surface area (Å²) in [6.07, 6.45) is 3.22. The lowest BCUT2D eigenvalue weighted by Gasteiger charge is -2.25. The van der Waals surface area contributed by atoms with Crippen LogP contribution in [0.15, 0.2) is 78.6 Å². The molecule has 0 bridgehead atoms. The first-order valence-electron chi connectivity index (χ1n) is 10.2. The number of carbonyl (C=O) groups is 2. The lowest BCUT2D eigenvalue weighted by atomic mass is 9.95. The molecule has 7 heteroatoms. The summed E-state index contributed by atoms with van der Waals surface area (Å²) >= 11 is 0. The second-order valence-corrected chi connectivity index (χ2v) is 7.30. The second kappa shape index (κ2) is 9.01. The van der Waals surface area contributed by atoms with Gasteiger partial charge in [0.05, 0.1) is 18.2 Å². The number of pyridine rings is 1. The number of amides is 1. The van der Waals surface area contributed by atoms with Gasteiger partial charge in [-0.2, -0.15) is 0 Å². The number of aliphatic hydroxyl groups is 1. The summed E-state index contributed by atoms with van der Waals surface area (Å²) in [6, 6.07) is 14.8. The van der Waals surface area contributed by atoms with Gasteiger partial charge in [0.25, 0.3) is 11.7 Å². The smallest absolute Gasteiger partial charge is 0.295 e. The Morgan fingerprint density at radius 3 is 2.44 bits per heavy atom. The maximum Gasteiger partial charge on any atom is 0.295 e. The average Bonchev–Trinajstić information content (AvgIpc) is 3.05. The minimum atomic E-state index is -0.873. The molecule has 1 atom stereocenters. The number of rotatable bonds is 6. The molecule has 2 heterocycles. The van der Waals surface area contributed by atoms with Crippen LogP contribution >= 0.6 is 0 Å². The fourth-order valence-electron chi connectivity index (χ4n) is 3.75. The maximum atomic E-state index is 13.6. The van der Waals surface area contributed by atoms with E-state index in [4.69, 9.17) is 4.74 Å². The number of Topliss-reactive ketones (excluding diaryl/α,β-unsaturated/α-hetero) is 1. The van der Waals surface area contributed by atoms with Crippen molar-refractivity contribution in [3.05, 3.63) is 101 Å². The summed E-state index contributed by atoms with van der Waals surface area (Å²) in [5.74, 6) is -1.65. The quantitative estimate of drug-likeness (QED) is 0.358. The third kappa shape index (κ3) is 4.09. The summed E-state index contributed by atoms with van der Waals surface area (Å²) in [7, 11) is 0. The van der Waals surface area contributed by atoms with Crippen LogP contribution in [0.2, 0.25) is 0 Å². The number of hydrogen-bond donors (Lipinski definition) is 1. The van der Waals surface area contributed by atoms with Crippen LogP contribution < -0.4 is 4.74 Å². The summed E-state index contributed by atoms with van der Waals surface area (Å²) in [4.78, 5) is 31.4. The van der Waals surface area contributed by atoms with E-state index in [2.05, 4.69) is 4.98 Å². The molecule has 2 aromatic carbocycles. The van der Waals surface area contributed by atoms with E-state index in [0.717, 1.165) is 5.56 Å². The van der Waals surface area contributed by atoms with Crippen LogP contribution in [0.25, 0.3) is 5.76 Å². The van der Waals surface area contributed by atoms with Crippen LogP contribution in [0.4, 0.5) is 4.39 Å². The van der Waals surface area contributed by atoms with Crippen molar-refractivity contribution in [1.29, 1.82) is 0 Å². The number of ketones is 1. The van der Waals surface area contributed by atoms with Crippen molar-refractivity contribution in [3.8, 4) is 5.75 Å². The predicted octanol–water partition coefficient (Wildman–Crippen LogP) is 4.24. The van der Waals surface area contributed by atoms with E-state index in [1.807, 2.05) is 6.92 Å². The van der Waals surface area contributed by atoms with Crippen LogP contribution in [-0.4, -0.2) is 33.3 Å². The molecule has 1 aliphatic heterocycles. The Hall–Kier alpha value is -4.00. The minimum Gasteiger partial charge on any atom is -0.507 e. The zero-order chi connectivity index (χ0) is 22.7. The molecule has 0 spiro atoms. The van der Waals surface area contributed by atoms with Gasteiger partial charge in [0.2, 0.25) is 0 Å². The normalized spacial score (nSPS) is 17.6. The molecule has 32 heavy (non-hydrogen) atoms. The number of hydrogen-bond acceptors (Lipinski definition) is 5. The van der Waals surface area contributed by atoms with Gasteiger partial charge >= 0.3 is 0 Å². The highest BCUT2D eigenvalue weighted by Crippen LogP contribution is 2.40. The Morgan fingerprint density at radius 2 is 1.81 bits per heavy atom. The summed E-state index contributed by atoms with van der Waals surface area (Å²) in [5, 5.41) is 11.1. The Labute approximate surface area is 184 Å². The summed E-state index contributed by atoms with van der Waals surface area (Å²) < 4.78 is 19.0. The third-order valence-electron chi connectivity index (χ3n) is 5.24. The fourth-order valence-corrected chi connectivity index (χ4v) is 3.75. The number of carbonyl (C=O) groups excluding carboxylic acids is 2. The molecule has 162 valence electrons. The first kappa shape index (κ1) is 21.2. The molecule has 6 nitrogen and oxygen atoms in total. The van der Waals surface area contributed by atoms with Crippen molar-refractivity contribution in [2.24, 2.45) is 0 Å². The van der Waals surface area contributed by atoms with E-state index in [9.17, 15) is 19.1 Å². The van der Waals surface area contributed by atoms with Crippen LogP contribution in [0, 0.1) is 5.82 Å². The molecule has 1 saturated heterocycles. The van der Waals surface area contributed by atoms with E-state index in [1.165, 1.54) is 29.2 Å². The highest BCUT2D eigenvalue weighted by Gasteiger charge is 2.46. The number of nitrogens with zero attached hydrogens (tertiary/aromatic N) is 2. The van der Waals surface area contributed by atoms with Crippen molar-refractivity contribution >= 4 is 17.4 Å². The van der Waals surface area contributed by atoms with Gasteiger partial charge in [0.15, 0.2) is 0 Å². The lowest BCUT2D eigenvalue weighted by Crippen LogP contribution is -2.29. The first-order chi connectivity index (χ1) is 15.5. The third-order valence-corrected chi connectivity index (χ3v) is 5.24. The van der Waals surface area contributed by atoms with Gasteiger partial charge in [-0.25, -0.2) is 4.39 Å². The molecule has 0 radical (unpaired) electrons. The zero-order valence-corrected chi connectivity index (χ0v) is 17.4. The molecule has 0 saturated carbocycles. The van der Waals surface area contributed by atoms with E-state index in [-0.39, 0.29) is 17.9 Å². The Balaban J connectivity index is 1.81. The van der Waals surface area contributed by atoms with Crippen LogP contribution in [0.1, 0.15) is 29.7 Å². The van der Waals surface area contributed by atoms with Crippen molar-refractivity contribution in [2.75, 3.05) is 6.61 Å². The monoisotopic (exact) mass is 432 g/mol. The molecule has 1 N–H and O–H groups in total. The highest BCUT2D eigenvalue weighted by atomic mass is 19.1. The molecule has 1 amide bonds. The molecule has 4 rings (SSSR count). The molecule has 3 aromatic rings. The molecule has 1 aliphatic rings. The molecular formula is C25H21FN2O4. The summed E-state index contributed by atoms with van der Waals surface area (Å²) in [6.45, 7) is 2.47. The van der Waals surface area contributed by atoms with Gasteiger partial charge < -0.3 is 14.7 Å². The van der Waals surface area contributed by atoms with Gasteiger partial charge in [-0.3, -0.25) is 14.6 Å². The molecule has 0 unspecified atom stereocenters. The Kier molecular flexibility index (Phi) is 5.98.